The molecule has 19 heavy (non-hydrogen) atoms. The molecule has 0 aliphatic carbocycles. The zero-order valence-corrected chi connectivity index (χ0v) is 11.0. The Labute approximate surface area is 115 Å². The fraction of sp³-hybridized carbons (Fsp3) is 0.0667. The average molecular weight is 268 g/mol. The van der Waals surface area contributed by atoms with Crippen LogP contribution < -0.4 is 0 Å². The van der Waals surface area contributed by atoms with Crippen LogP contribution in [0, 0.1) is 0 Å². The molecule has 0 amide bonds. The van der Waals surface area contributed by atoms with E-state index in [9.17, 15) is 4.79 Å². The van der Waals surface area contributed by atoms with Crippen molar-refractivity contribution < 1.29 is 4.79 Å². The molecule has 0 atom stereocenters. The van der Waals surface area contributed by atoms with Crippen molar-refractivity contribution in [3.63, 3.8) is 0 Å². The lowest BCUT2D eigenvalue weighted by Gasteiger charge is -2.06. The minimum atomic E-state index is 0.116. The molecule has 0 unspecified atom stereocenters. The Morgan fingerprint density at radius 1 is 1.16 bits per heavy atom. The van der Waals surface area contributed by atoms with E-state index in [0.29, 0.717) is 6.54 Å². The maximum Gasteiger partial charge on any atom is 0.192 e. The van der Waals surface area contributed by atoms with E-state index in [1.165, 1.54) is 11.3 Å². The molecule has 0 radical (unpaired) electrons. The van der Waals surface area contributed by atoms with E-state index in [1.54, 1.807) is 6.20 Å². The van der Waals surface area contributed by atoms with Crippen LogP contribution in [0.25, 0.3) is 11.4 Å². The molecular weight excluding hydrogens is 256 g/mol. The Balaban J connectivity index is 1.87. The molecule has 0 saturated heterocycles. The second-order valence-electron chi connectivity index (χ2n) is 4.15. The first-order valence-electron chi connectivity index (χ1n) is 5.98. The average Bonchev–Trinajstić information content (AvgIpc) is 3.11. The van der Waals surface area contributed by atoms with Gasteiger partial charge in [-0.25, -0.2) is 4.98 Å². The van der Waals surface area contributed by atoms with Crippen LogP contribution in [0.2, 0.25) is 0 Å². The number of ketones is 1. The molecule has 4 heteroatoms. The van der Waals surface area contributed by atoms with Crippen LogP contribution in [0.5, 0.6) is 0 Å². The number of hydrogen-bond donors (Lipinski definition) is 0. The highest BCUT2D eigenvalue weighted by molar-refractivity contribution is 7.12. The molecular formula is C15H12N2OS. The predicted octanol–water partition coefficient (Wildman–Crippen LogP) is 3.49. The third-order valence-corrected chi connectivity index (χ3v) is 3.77. The Morgan fingerprint density at radius 2 is 2.00 bits per heavy atom. The number of rotatable bonds is 4. The highest BCUT2D eigenvalue weighted by Crippen LogP contribution is 2.18. The summed E-state index contributed by atoms with van der Waals surface area (Å²) in [7, 11) is 0. The Morgan fingerprint density at radius 3 is 2.74 bits per heavy atom. The third kappa shape index (κ3) is 2.48. The normalized spacial score (nSPS) is 10.5. The summed E-state index contributed by atoms with van der Waals surface area (Å²) in [4.78, 5) is 17.2. The quantitative estimate of drug-likeness (QED) is 0.679. The Bertz CT molecular complexity index is 671. The van der Waals surface area contributed by atoms with E-state index < -0.39 is 0 Å². The number of nitrogens with zero attached hydrogens (tertiary/aromatic N) is 2. The van der Waals surface area contributed by atoms with Crippen molar-refractivity contribution in [2.45, 2.75) is 6.54 Å². The van der Waals surface area contributed by atoms with Gasteiger partial charge in [-0.05, 0) is 11.4 Å². The molecule has 3 aromatic rings. The molecule has 0 spiro atoms. The summed E-state index contributed by atoms with van der Waals surface area (Å²) in [5.41, 5.74) is 1.02. The van der Waals surface area contributed by atoms with E-state index in [0.717, 1.165) is 16.3 Å². The van der Waals surface area contributed by atoms with Crippen molar-refractivity contribution in [3.8, 4) is 11.4 Å². The van der Waals surface area contributed by atoms with E-state index in [2.05, 4.69) is 4.98 Å². The van der Waals surface area contributed by atoms with Gasteiger partial charge >= 0.3 is 0 Å². The summed E-state index contributed by atoms with van der Waals surface area (Å²) in [6.07, 6.45) is 3.57. The summed E-state index contributed by atoms with van der Waals surface area (Å²) in [5.74, 6) is 0.940. The number of Topliss-reactive ketones (excluding diaryl/α,β-unsaturated/α-hetero) is 1. The summed E-state index contributed by atoms with van der Waals surface area (Å²) in [6.45, 7) is 0.324. The van der Waals surface area contributed by atoms with Gasteiger partial charge in [0, 0.05) is 18.0 Å². The fourth-order valence-electron chi connectivity index (χ4n) is 1.95. The summed E-state index contributed by atoms with van der Waals surface area (Å²) >= 11 is 1.47. The molecule has 0 N–H and O–H groups in total. The van der Waals surface area contributed by atoms with Crippen molar-refractivity contribution in [3.05, 3.63) is 65.1 Å². The number of carbonyl (C=O) groups is 1. The molecule has 0 saturated carbocycles. The van der Waals surface area contributed by atoms with Crippen molar-refractivity contribution in [2.24, 2.45) is 0 Å². The smallest absolute Gasteiger partial charge is 0.192 e. The Hall–Kier alpha value is -2.20. The van der Waals surface area contributed by atoms with Gasteiger partial charge in [0.1, 0.15) is 5.82 Å². The molecule has 2 aromatic heterocycles. The largest absolute Gasteiger partial charge is 0.323 e. The maximum absolute atomic E-state index is 12.1. The first-order chi connectivity index (χ1) is 9.34. The van der Waals surface area contributed by atoms with Crippen molar-refractivity contribution in [2.75, 3.05) is 0 Å². The van der Waals surface area contributed by atoms with Crippen molar-refractivity contribution in [1.82, 2.24) is 9.55 Å². The zero-order chi connectivity index (χ0) is 13.1. The Kier molecular flexibility index (Phi) is 3.25. The fourth-order valence-corrected chi connectivity index (χ4v) is 2.61. The maximum atomic E-state index is 12.1. The summed E-state index contributed by atoms with van der Waals surface area (Å²) in [5, 5.41) is 1.92. The van der Waals surface area contributed by atoms with Gasteiger partial charge in [-0.15, -0.1) is 11.3 Å². The minimum absolute atomic E-state index is 0.116. The van der Waals surface area contributed by atoms with Gasteiger partial charge in [-0.3, -0.25) is 4.79 Å². The second-order valence-corrected chi connectivity index (χ2v) is 5.09. The van der Waals surface area contributed by atoms with Gasteiger partial charge in [0.05, 0.1) is 11.4 Å². The highest BCUT2D eigenvalue weighted by Gasteiger charge is 2.11. The lowest BCUT2D eigenvalue weighted by molar-refractivity contribution is 0.0976. The number of thiophene rings is 1. The predicted molar refractivity (Wildman–Crippen MR) is 76.3 cm³/mol. The van der Waals surface area contributed by atoms with Crippen LogP contribution in [0.3, 0.4) is 0 Å². The standard InChI is InChI=1S/C15H12N2OS/c18-13(14-7-4-10-19-14)11-17-9-8-16-15(17)12-5-2-1-3-6-12/h1-10H,11H2. The lowest BCUT2D eigenvalue weighted by Crippen LogP contribution is -2.09. The van der Waals surface area contributed by atoms with Crippen LogP contribution in [0.4, 0.5) is 0 Å². The monoisotopic (exact) mass is 268 g/mol. The van der Waals surface area contributed by atoms with Gasteiger partial charge in [-0.2, -0.15) is 0 Å². The molecule has 0 aliphatic rings. The van der Waals surface area contributed by atoms with Gasteiger partial charge < -0.3 is 4.57 Å². The van der Waals surface area contributed by atoms with Crippen LogP contribution >= 0.6 is 11.3 Å². The van der Waals surface area contributed by atoms with Crippen molar-refractivity contribution in [1.29, 1.82) is 0 Å². The second kappa shape index (κ2) is 5.20. The minimum Gasteiger partial charge on any atom is -0.323 e. The van der Waals surface area contributed by atoms with Gasteiger partial charge in [0.2, 0.25) is 0 Å². The molecule has 3 rings (SSSR count). The van der Waals surface area contributed by atoms with Crippen LogP contribution in [-0.4, -0.2) is 15.3 Å². The molecule has 0 fully saturated rings. The molecule has 94 valence electrons. The third-order valence-electron chi connectivity index (χ3n) is 2.86. The number of hydrogen-bond acceptors (Lipinski definition) is 3. The van der Waals surface area contributed by atoms with E-state index in [-0.39, 0.29) is 5.78 Å². The lowest BCUT2D eigenvalue weighted by atomic mass is 10.2. The summed E-state index contributed by atoms with van der Waals surface area (Å²) < 4.78 is 1.89. The highest BCUT2D eigenvalue weighted by atomic mass is 32.1. The van der Waals surface area contributed by atoms with Gasteiger partial charge in [-0.1, -0.05) is 36.4 Å². The van der Waals surface area contributed by atoms with Crippen LogP contribution in [0.1, 0.15) is 9.67 Å². The van der Waals surface area contributed by atoms with Crippen LogP contribution in [-0.2, 0) is 6.54 Å². The topological polar surface area (TPSA) is 34.9 Å². The number of aromatic nitrogens is 2. The van der Waals surface area contributed by atoms with E-state index in [4.69, 9.17) is 0 Å². The SMILES string of the molecule is O=C(Cn1ccnc1-c1ccccc1)c1cccs1. The summed E-state index contributed by atoms with van der Waals surface area (Å²) in [6, 6.07) is 13.6. The van der Waals surface area contributed by atoms with Crippen LogP contribution in [0.15, 0.2) is 60.2 Å². The number of carbonyl (C=O) groups excluding carboxylic acids is 1. The molecule has 1 aromatic carbocycles. The molecule has 0 bridgehead atoms. The van der Waals surface area contributed by atoms with E-state index in [1.807, 2.05) is 58.6 Å². The zero-order valence-electron chi connectivity index (χ0n) is 10.2. The first kappa shape index (κ1) is 11.9. The molecule has 3 nitrogen and oxygen atoms in total. The number of benzene rings is 1. The van der Waals surface area contributed by atoms with E-state index >= 15 is 0 Å². The number of imidazole rings is 1. The molecule has 0 aliphatic heterocycles. The molecule has 2 heterocycles. The van der Waals surface area contributed by atoms with Crippen molar-refractivity contribution >= 4 is 17.1 Å². The van der Waals surface area contributed by atoms with Gasteiger partial charge in [0.25, 0.3) is 0 Å². The van der Waals surface area contributed by atoms with Gasteiger partial charge in [0.15, 0.2) is 5.78 Å². The first-order valence-corrected chi connectivity index (χ1v) is 6.86.